The second-order valence-corrected chi connectivity index (χ2v) is 6.45. The Kier molecular flexibility index (Phi) is 6.06. The largest absolute Gasteiger partial charge is 0.496 e. The number of nitrogens with zero attached hydrogens (tertiary/aromatic N) is 1. The van der Waals surface area contributed by atoms with Gasteiger partial charge in [0.15, 0.2) is 11.5 Å². The molecule has 0 saturated carbocycles. The van der Waals surface area contributed by atoms with Gasteiger partial charge in [0.1, 0.15) is 5.75 Å². The molecular formula is C21H26N2O4. The van der Waals surface area contributed by atoms with Crippen LogP contribution in [0.25, 0.3) is 0 Å². The predicted octanol–water partition coefficient (Wildman–Crippen LogP) is 2.78. The highest BCUT2D eigenvalue weighted by atomic mass is 16.5. The predicted molar refractivity (Wildman–Crippen MR) is 105 cm³/mol. The zero-order valence-electron chi connectivity index (χ0n) is 16.1. The van der Waals surface area contributed by atoms with Crippen LogP contribution in [0, 0.1) is 0 Å². The van der Waals surface area contributed by atoms with Gasteiger partial charge in [-0.2, -0.15) is 0 Å². The number of methoxy groups -OCH3 is 3. The van der Waals surface area contributed by atoms with Gasteiger partial charge in [-0.05, 0) is 30.5 Å². The van der Waals surface area contributed by atoms with Crippen LogP contribution in [0.1, 0.15) is 17.5 Å². The van der Waals surface area contributed by atoms with Crippen molar-refractivity contribution in [2.45, 2.75) is 19.4 Å². The summed E-state index contributed by atoms with van der Waals surface area (Å²) in [7, 11) is 4.76. The first-order chi connectivity index (χ1) is 13.2. The standard InChI is InChI=1S/C21H26N2O4/c1-25-18-12-20(27-3)19(26-2)11-16(18)13-22-21(24)14-23-10-6-8-15-7-4-5-9-17(15)23/h4-5,7,9,11-12H,6,8,10,13-14H2,1-3H3,(H,22,24). The molecule has 27 heavy (non-hydrogen) atoms. The van der Waals surface area contributed by atoms with Crippen LogP contribution in [-0.4, -0.2) is 40.3 Å². The molecule has 6 nitrogen and oxygen atoms in total. The van der Waals surface area contributed by atoms with E-state index in [0.29, 0.717) is 30.3 Å². The summed E-state index contributed by atoms with van der Waals surface area (Å²) >= 11 is 0. The first-order valence-electron chi connectivity index (χ1n) is 9.04. The van der Waals surface area contributed by atoms with Crippen molar-refractivity contribution in [3.63, 3.8) is 0 Å². The third-order valence-electron chi connectivity index (χ3n) is 4.80. The van der Waals surface area contributed by atoms with Crippen LogP contribution >= 0.6 is 0 Å². The number of amides is 1. The number of para-hydroxylation sites is 1. The highest BCUT2D eigenvalue weighted by molar-refractivity contribution is 5.82. The van der Waals surface area contributed by atoms with Crippen molar-refractivity contribution in [2.75, 3.05) is 39.3 Å². The molecule has 0 aromatic heterocycles. The van der Waals surface area contributed by atoms with Crippen molar-refractivity contribution in [1.29, 1.82) is 0 Å². The van der Waals surface area contributed by atoms with E-state index in [9.17, 15) is 4.79 Å². The number of benzene rings is 2. The summed E-state index contributed by atoms with van der Waals surface area (Å²) in [6.45, 7) is 1.59. The molecule has 144 valence electrons. The van der Waals surface area contributed by atoms with Gasteiger partial charge in [0, 0.05) is 30.4 Å². The van der Waals surface area contributed by atoms with E-state index in [0.717, 1.165) is 30.6 Å². The zero-order valence-corrected chi connectivity index (χ0v) is 16.1. The summed E-state index contributed by atoms with van der Waals surface area (Å²) in [6.07, 6.45) is 2.13. The monoisotopic (exact) mass is 370 g/mol. The number of anilines is 1. The number of hydrogen-bond donors (Lipinski definition) is 1. The summed E-state index contributed by atoms with van der Waals surface area (Å²) in [6, 6.07) is 11.9. The summed E-state index contributed by atoms with van der Waals surface area (Å²) in [5, 5.41) is 2.98. The molecule has 0 spiro atoms. The van der Waals surface area contributed by atoms with Crippen molar-refractivity contribution in [3.8, 4) is 17.2 Å². The second kappa shape index (κ2) is 8.66. The van der Waals surface area contributed by atoms with Gasteiger partial charge in [0.2, 0.25) is 5.91 Å². The molecule has 0 bridgehead atoms. The van der Waals surface area contributed by atoms with E-state index in [-0.39, 0.29) is 5.91 Å². The smallest absolute Gasteiger partial charge is 0.239 e. The maximum Gasteiger partial charge on any atom is 0.239 e. The topological polar surface area (TPSA) is 60.0 Å². The Bertz CT molecular complexity index is 807. The molecule has 3 rings (SSSR count). The fourth-order valence-corrected chi connectivity index (χ4v) is 3.43. The SMILES string of the molecule is COc1cc(OC)c(OC)cc1CNC(=O)CN1CCCc2ccccc21. The molecule has 0 fully saturated rings. The maximum atomic E-state index is 12.5. The molecule has 0 saturated heterocycles. The molecule has 0 unspecified atom stereocenters. The normalized spacial score (nSPS) is 12.9. The quantitative estimate of drug-likeness (QED) is 0.812. The van der Waals surface area contributed by atoms with Crippen LogP contribution in [0.4, 0.5) is 5.69 Å². The van der Waals surface area contributed by atoms with Crippen molar-refractivity contribution in [3.05, 3.63) is 47.5 Å². The van der Waals surface area contributed by atoms with Crippen LogP contribution in [-0.2, 0) is 17.8 Å². The summed E-state index contributed by atoms with van der Waals surface area (Å²) < 4.78 is 16.1. The first kappa shape index (κ1) is 18.9. The molecule has 0 atom stereocenters. The van der Waals surface area contributed by atoms with Gasteiger partial charge < -0.3 is 24.4 Å². The molecule has 2 aromatic carbocycles. The lowest BCUT2D eigenvalue weighted by Gasteiger charge is -2.30. The lowest BCUT2D eigenvalue weighted by atomic mass is 10.0. The fraction of sp³-hybridized carbons (Fsp3) is 0.381. The molecule has 1 heterocycles. The van der Waals surface area contributed by atoms with Crippen LogP contribution in [0.5, 0.6) is 17.2 Å². The van der Waals surface area contributed by atoms with Gasteiger partial charge in [-0.15, -0.1) is 0 Å². The number of aryl methyl sites for hydroxylation is 1. The number of ether oxygens (including phenoxy) is 3. The average Bonchev–Trinajstić information content (AvgIpc) is 2.71. The number of nitrogens with one attached hydrogen (secondary N) is 1. The van der Waals surface area contributed by atoms with Crippen LogP contribution in [0.2, 0.25) is 0 Å². The van der Waals surface area contributed by atoms with Crippen molar-refractivity contribution < 1.29 is 19.0 Å². The Morgan fingerprint density at radius 1 is 1.04 bits per heavy atom. The number of fused-ring (bicyclic) bond motifs is 1. The van der Waals surface area contributed by atoms with Gasteiger partial charge in [-0.1, -0.05) is 18.2 Å². The molecule has 1 aliphatic rings. The van der Waals surface area contributed by atoms with Crippen molar-refractivity contribution >= 4 is 11.6 Å². The van der Waals surface area contributed by atoms with Crippen LogP contribution < -0.4 is 24.4 Å². The lowest BCUT2D eigenvalue weighted by molar-refractivity contribution is -0.119. The Balaban J connectivity index is 1.66. The highest BCUT2D eigenvalue weighted by Crippen LogP contribution is 2.34. The van der Waals surface area contributed by atoms with Gasteiger partial charge >= 0.3 is 0 Å². The lowest BCUT2D eigenvalue weighted by Crippen LogP contribution is -2.39. The molecule has 1 aliphatic heterocycles. The van der Waals surface area contributed by atoms with E-state index < -0.39 is 0 Å². The average molecular weight is 370 g/mol. The summed E-state index contributed by atoms with van der Waals surface area (Å²) in [5.41, 5.74) is 3.29. The number of carbonyl (C=O) groups excluding carboxylic acids is 1. The number of carbonyl (C=O) groups is 1. The van der Waals surface area contributed by atoms with E-state index in [1.165, 1.54) is 5.56 Å². The van der Waals surface area contributed by atoms with Gasteiger partial charge in [-0.3, -0.25) is 4.79 Å². The fourth-order valence-electron chi connectivity index (χ4n) is 3.43. The molecule has 1 N–H and O–H groups in total. The molecular weight excluding hydrogens is 344 g/mol. The third-order valence-corrected chi connectivity index (χ3v) is 4.80. The zero-order chi connectivity index (χ0) is 19.2. The van der Waals surface area contributed by atoms with Gasteiger partial charge in [0.25, 0.3) is 0 Å². The number of rotatable bonds is 7. The molecule has 1 amide bonds. The van der Waals surface area contributed by atoms with Crippen LogP contribution in [0.3, 0.4) is 0 Å². The van der Waals surface area contributed by atoms with Gasteiger partial charge in [0.05, 0.1) is 27.9 Å². The van der Waals surface area contributed by atoms with E-state index in [4.69, 9.17) is 14.2 Å². The third kappa shape index (κ3) is 4.27. The minimum absolute atomic E-state index is 0.0245. The molecule has 6 heteroatoms. The highest BCUT2D eigenvalue weighted by Gasteiger charge is 2.19. The Morgan fingerprint density at radius 2 is 1.74 bits per heavy atom. The van der Waals surface area contributed by atoms with E-state index in [2.05, 4.69) is 22.3 Å². The second-order valence-electron chi connectivity index (χ2n) is 6.45. The maximum absolute atomic E-state index is 12.5. The Labute approximate surface area is 160 Å². The van der Waals surface area contributed by atoms with Crippen molar-refractivity contribution in [2.24, 2.45) is 0 Å². The van der Waals surface area contributed by atoms with E-state index >= 15 is 0 Å². The Morgan fingerprint density at radius 3 is 2.48 bits per heavy atom. The molecule has 0 aliphatic carbocycles. The van der Waals surface area contributed by atoms with Gasteiger partial charge in [-0.25, -0.2) is 0 Å². The van der Waals surface area contributed by atoms with Crippen molar-refractivity contribution in [1.82, 2.24) is 5.32 Å². The number of hydrogen-bond acceptors (Lipinski definition) is 5. The van der Waals surface area contributed by atoms with E-state index in [1.54, 1.807) is 27.4 Å². The minimum Gasteiger partial charge on any atom is -0.496 e. The Hall–Kier alpha value is -2.89. The molecule has 2 aromatic rings. The summed E-state index contributed by atoms with van der Waals surface area (Å²) in [4.78, 5) is 14.7. The van der Waals surface area contributed by atoms with Crippen LogP contribution in [0.15, 0.2) is 36.4 Å². The van der Waals surface area contributed by atoms with E-state index in [1.807, 2.05) is 18.2 Å². The first-order valence-corrected chi connectivity index (χ1v) is 9.04. The molecule has 0 radical (unpaired) electrons. The summed E-state index contributed by atoms with van der Waals surface area (Å²) in [5.74, 6) is 1.82. The minimum atomic E-state index is -0.0245.